The van der Waals surface area contributed by atoms with Crippen LogP contribution in [-0.4, -0.2) is 40.6 Å². The summed E-state index contributed by atoms with van der Waals surface area (Å²) in [6, 6.07) is 0. The van der Waals surface area contributed by atoms with E-state index >= 15 is 0 Å². The molecule has 4 aliphatic carbocycles. The molecule has 0 spiro atoms. The summed E-state index contributed by atoms with van der Waals surface area (Å²) in [7, 11) is 0. The monoisotopic (exact) mass is 568 g/mol. The third kappa shape index (κ3) is 5.60. The molecule has 0 saturated heterocycles. The van der Waals surface area contributed by atoms with Gasteiger partial charge in [0.1, 0.15) is 12.2 Å². The third-order valence-corrected chi connectivity index (χ3v) is 12.2. The quantitative estimate of drug-likeness (QED) is 0.184. The Morgan fingerprint density at radius 3 is 2.56 bits per heavy atom. The molecule has 0 aromatic carbocycles. The number of aliphatic hydroxyl groups is 2. The maximum atomic E-state index is 12.9. The molecule has 2 N–H and O–H groups in total. The number of hydrogen-bond donors (Lipinski definition) is 2. The van der Waals surface area contributed by atoms with E-state index in [9.17, 15) is 19.8 Å². The van der Waals surface area contributed by atoms with Crippen molar-refractivity contribution in [1.29, 1.82) is 0 Å². The van der Waals surface area contributed by atoms with Crippen molar-refractivity contribution in [2.24, 2.45) is 46.3 Å². The first-order chi connectivity index (χ1) is 19.3. The molecule has 1 aliphatic heterocycles. The lowest BCUT2D eigenvalue weighted by Gasteiger charge is -2.58. The van der Waals surface area contributed by atoms with Crippen LogP contribution in [0.3, 0.4) is 0 Å². The number of ether oxygens (including phenoxy) is 2. The average Bonchev–Trinajstić information content (AvgIpc) is 3.45. The van der Waals surface area contributed by atoms with E-state index in [0.29, 0.717) is 11.3 Å². The van der Waals surface area contributed by atoms with Gasteiger partial charge in [0.25, 0.3) is 0 Å². The third-order valence-electron chi connectivity index (χ3n) is 12.2. The van der Waals surface area contributed by atoms with Crippen LogP contribution in [0, 0.1) is 46.3 Å². The first-order valence-electron chi connectivity index (χ1n) is 16.2. The molecule has 3 saturated carbocycles. The van der Waals surface area contributed by atoms with Crippen molar-refractivity contribution < 1.29 is 29.3 Å². The number of aliphatic hydroxyl groups excluding tert-OH is 2. The van der Waals surface area contributed by atoms with Crippen LogP contribution in [0.1, 0.15) is 105 Å². The first-order valence-corrected chi connectivity index (χ1v) is 16.2. The van der Waals surface area contributed by atoms with E-state index in [-0.39, 0.29) is 22.7 Å². The van der Waals surface area contributed by atoms with Gasteiger partial charge in [-0.3, -0.25) is 0 Å². The minimum absolute atomic E-state index is 0.0856. The molecule has 6 heteroatoms. The molecule has 6 nitrogen and oxygen atoms in total. The highest BCUT2D eigenvalue weighted by molar-refractivity contribution is 5.91. The second kappa shape index (κ2) is 11.6. The molecule has 0 bridgehead atoms. The van der Waals surface area contributed by atoms with Crippen molar-refractivity contribution in [1.82, 2.24) is 0 Å². The average molecular weight is 569 g/mol. The molecule has 3 unspecified atom stereocenters. The Morgan fingerprint density at radius 2 is 1.88 bits per heavy atom. The number of esters is 2. The Balaban J connectivity index is 1.22. The van der Waals surface area contributed by atoms with Gasteiger partial charge in [-0.05, 0) is 91.3 Å². The summed E-state index contributed by atoms with van der Waals surface area (Å²) in [5, 5.41) is 20.3. The second-order valence-corrected chi connectivity index (χ2v) is 14.9. The van der Waals surface area contributed by atoms with Crippen molar-refractivity contribution in [3.8, 4) is 0 Å². The Kier molecular flexibility index (Phi) is 8.67. The van der Waals surface area contributed by atoms with E-state index in [1.54, 1.807) is 0 Å². The summed E-state index contributed by atoms with van der Waals surface area (Å²) in [6.45, 7) is 16.0. The molecule has 3 fully saturated rings. The van der Waals surface area contributed by atoms with Crippen molar-refractivity contribution in [3.63, 3.8) is 0 Å². The maximum Gasteiger partial charge on any atom is 0.336 e. The molecule has 5 aliphatic rings. The highest BCUT2D eigenvalue weighted by atomic mass is 16.6. The van der Waals surface area contributed by atoms with Gasteiger partial charge in [-0.15, -0.1) is 0 Å². The summed E-state index contributed by atoms with van der Waals surface area (Å²) in [5.41, 5.74) is 1.77. The zero-order valence-corrected chi connectivity index (χ0v) is 25.9. The van der Waals surface area contributed by atoms with E-state index in [0.717, 1.165) is 61.3 Å². The van der Waals surface area contributed by atoms with Gasteiger partial charge in [-0.25, -0.2) is 9.59 Å². The highest BCUT2D eigenvalue weighted by Gasteiger charge is 2.59. The van der Waals surface area contributed by atoms with Crippen molar-refractivity contribution in [3.05, 3.63) is 35.5 Å². The zero-order chi connectivity index (χ0) is 29.7. The van der Waals surface area contributed by atoms with Gasteiger partial charge in [-0.1, -0.05) is 72.1 Å². The second-order valence-electron chi connectivity index (χ2n) is 14.9. The molecule has 5 rings (SSSR count). The minimum atomic E-state index is -1.57. The summed E-state index contributed by atoms with van der Waals surface area (Å²) >= 11 is 0. The normalized spacial score (nSPS) is 39.6. The molecule has 10 atom stereocenters. The Bertz CT molecular complexity index is 1100. The zero-order valence-electron chi connectivity index (χ0n) is 25.9. The molecule has 41 heavy (non-hydrogen) atoms. The van der Waals surface area contributed by atoms with Gasteiger partial charge in [-0.2, -0.15) is 0 Å². The molecule has 228 valence electrons. The molecule has 1 heterocycles. The number of carbonyl (C=O) groups is 2. The van der Waals surface area contributed by atoms with E-state index in [1.807, 2.05) is 0 Å². The number of hydrogen-bond acceptors (Lipinski definition) is 6. The van der Waals surface area contributed by atoms with E-state index in [4.69, 9.17) is 4.74 Å². The minimum Gasteiger partial charge on any atom is -0.459 e. The van der Waals surface area contributed by atoms with Crippen LogP contribution in [0.2, 0.25) is 0 Å². The van der Waals surface area contributed by atoms with Crippen LogP contribution >= 0.6 is 0 Å². The predicted molar refractivity (Wildman–Crippen MR) is 158 cm³/mol. The fourth-order valence-electron chi connectivity index (χ4n) is 9.93. The van der Waals surface area contributed by atoms with Gasteiger partial charge in [0.05, 0.1) is 5.57 Å². The van der Waals surface area contributed by atoms with E-state index in [2.05, 4.69) is 52.0 Å². The number of rotatable bonds is 9. The van der Waals surface area contributed by atoms with Gasteiger partial charge in [0.2, 0.25) is 6.29 Å². The van der Waals surface area contributed by atoms with Crippen molar-refractivity contribution in [2.45, 2.75) is 124 Å². The summed E-state index contributed by atoms with van der Waals surface area (Å²) in [5.74, 6) is 3.26. The summed E-state index contributed by atoms with van der Waals surface area (Å²) in [4.78, 5) is 24.3. The summed E-state index contributed by atoms with van der Waals surface area (Å²) in [6.07, 6.45) is 13.3. The standard InChI is InChI=1S/C35H52O6/c1-20(2)8-7-9-21(3)27-12-13-28-25-11-10-23-18-24(14-16-34(23,5)29(25)15-17-35(27,28)6)40-32(38)22(4)31(37)26-19-30(36)41-33(26)39/h10,19-21,24-25,27-29,31,33,37,39H,4,7-9,11-18H2,1-3,5-6H3/t21-,24?,25+,27-,28+,29+,31?,33?,34+,35-/m1/s1. The van der Waals surface area contributed by atoms with E-state index < -0.39 is 24.3 Å². The van der Waals surface area contributed by atoms with E-state index in [1.165, 1.54) is 50.5 Å². The van der Waals surface area contributed by atoms with Crippen LogP contribution < -0.4 is 0 Å². The lowest BCUT2D eigenvalue weighted by molar-refractivity contribution is -0.151. The maximum absolute atomic E-state index is 12.9. The van der Waals surface area contributed by atoms with Crippen molar-refractivity contribution in [2.75, 3.05) is 0 Å². The summed E-state index contributed by atoms with van der Waals surface area (Å²) < 4.78 is 10.4. The molecule has 0 aromatic rings. The van der Waals surface area contributed by atoms with Gasteiger partial charge >= 0.3 is 11.9 Å². The van der Waals surface area contributed by atoms with Gasteiger partial charge in [0.15, 0.2) is 0 Å². The number of cyclic esters (lactones) is 1. The van der Waals surface area contributed by atoms with Crippen LogP contribution in [0.15, 0.2) is 35.5 Å². The SMILES string of the molecule is C=C(C(=O)OC1CC[C@@]2(C)C(=CC[C@H]3[C@@H]4CC[C@H]([C@H](C)CCCC(C)C)[C@@]4(C)CC[C@@H]32)C1)C(O)C1=CC(=O)OC1O. The Hall–Kier alpha value is -1.92. The molecule has 0 amide bonds. The Labute approximate surface area is 246 Å². The van der Waals surface area contributed by atoms with Crippen LogP contribution in [0.25, 0.3) is 0 Å². The Morgan fingerprint density at radius 1 is 1.12 bits per heavy atom. The number of fused-ring (bicyclic) bond motifs is 5. The van der Waals surface area contributed by atoms with Crippen LogP contribution in [0.5, 0.6) is 0 Å². The fourth-order valence-corrected chi connectivity index (χ4v) is 9.93. The van der Waals surface area contributed by atoms with Gasteiger partial charge < -0.3 is 19.7 Å². The van der Waals surface area contributed by atoms with Gasteiger partial charge in [0, 0.05) is 18.1 Å². The van der Waals surface area contributed by atoms with Crippen LogP contribution in [0.4, 0.5) is 0 Å². The smallest absolute Gasteiger partial charge is 0.336 e. The molecular formula is C35H52O6. The topological polar surface area (TPSA) is 93.1 Å². The largest absolute Gasteiger partial charge is 0.459 e. The fraction of sp³-hybridized carbons (Fsp3) is 0.771. The number of allylic oxidation sites excluding steroid dienone is 1. The number of carbonyl (C=O) groups excluding carboxylic acids is 2. The molecular weight excluding hydrogens is 516 g/mol. The van der Waals surface area contributed by atoms with Crippen LogP contribution in [-0.2, 0) is 19.1 Å². The molecule has 0 radical (unpaired) electrons. The lowest BCUT2D eigenvalue weighted by Crippen LogP contribution is -2.51. The predicted octanol–water partition coefficient (Wildman–Crippen LogP) is 6.66. The lowest BCUT2D eigenvalue weighted by atomic mass is 9.47. The van der Waals surface area contributed by atoms with Crippen molar-refractivity contribution >= 4 is 11.9 Å². The molecule has 0 aromatic heterocycles. The highest BCUT2D eigenvalue weighted by Crippen LogP contribution is 2.67. The first kappa shape index (κ1) is 30.5.